The van der Waals surface area contributed by atoms with Crippen LogP contribution in [-0.2, 0) is 19.6 Å². The van der Waals surface area contributed by atoms with E-state index in [0.717, 1.165) is 23.9 Å². The fourth-order valence-corrected chi connectivity index (χ4v) is 4.60. The van der Waals surface area contributed by atoms with Gasteiger partial charge in [-0.3, -0.25) is 14.5 Å². The number of hydrogen-bond donors (Lipinski definition) is 1. The zero-order valence-electron chi connectivity index (χ0n) is 16.1. The number of hydrogen-bond acceptors (Lipinski definition) is 8. The van der Waals surface area contributed by atoms with Crippen molar-refractivity contribution >= 4 is 61.9 Å². The monoisotopic (exact) mass is 495 g/mol. The summed E-state index contributed by atoms with van der Waals surface area (Å²) >= 11 is 6.28. The first-order chi connectivity index (χ1) is 15.1. The van der Waals surface area contributed by atoms with Crippen molar-refractivity contribution in [1.29, 1.82) is 0 Å². The van der Waals surface area contributed by atoms with Gasteiger partial charge in [0.15, 0.2) is 4.33 Å². The first-order valence-electron chi connectivity index (χ1n) is 8.88. The molecule has 9 nitrogen and oxygen atoms in total. The molecule has 0 unspecified atom stereocenters. The molecule has 1 aliphatic heterocycles. The van der Waals surface area contributed by atoms with E-state index in [1.54, 1.807) is 6.08 Å². The number of carbonyl (C=O) groups is 2. The summed E-state index contributed by atoms with van der Waals surface area (Å²) in [7, 11) is -4.66. The summed E-state index contributed by atoms with van der Waals surface area (Å²) in [5.41, 5.74) is 0.867. The van der Waals surface area contributed by atoms with Crippen molar-refractivity contribution in [3.8, 4) is 0 Å². The minimum Gasteiger partial charge on any atom is -0.326 e. The van der Waals surface area contributed by atoms with Gasteiger partial charge in [-0.05, 0) is 48.0 Å². The molecule has 1 heterocycles. The first kappa shape index (κ1) is 23.5. The maximum atomic E-state index is 13.0. The third-order valence-electron chi connectivity index (χ3n) is 4.24. The highest BCUT2D eigenvalue weighted by atomic mass is 32.2. The Morgan fingerprint density at radius 3 is 2.41 bits per heavy atom. The van der Waals surface area contributed by atoms with Crippen LogP contribution in [0.4, 0.5) is 10.1 Å². The third kappa shape index (κ3) is 5.36. The Kier molecular flexibility index (Phi) is 7.01. The summed E-state index contributed by atoms with van der Waals surface area (Å²) in [6, 6.07) is 10.1. The lowest BCUT2D eigenvalue weighted by Gasteiger charge is -2.14. The summed E-state index contributed by atoms with van der Waals surface area (Å²) < 4.78 is 34.9. The molecule has 2 aromatic carbocycles. The largest absolute Gasteiger partial charge is 0.448 e. The lowest BCUT2D eigenvalue weighted by Crippen LogP contribution is -2.31. The molecule has 1 fully saturated rings. The van der Waals surface area contributed by atoms with E-state index in [2.05, 4.69) is 5.32 Å². The van der Waals surface area contributed by atoms with Gasteiger partial charge in [0.1, 0.15) is 15.0 Å². The highest BCUT2D eigenvalue weighted by Crippen LogP contribution is 2.32. The molecule has 0 spiro atoms. The van der Waals surface area contributed by atoms with Crippen LogP contribution in [0.1, 0.15) is 12.0 Å². The summed E-state index contributed by atoms with van der Waals surface area (Å²) in [5, 5.41) is 13.1. The van der Waals surface area contributed by atoms with Crippen LogP contribution in [0.5, 0.6) is 0 Å². The molecule has 13 heteroatoms. The van der Waals surface area contributed by atoms with Gasteiger partial charge in [-0.1, -0.05) is 36.1 Å². The first-order valence-corrected chi connectivity index (χ1v) is 11.5. The third-order valence-corrected chi connectivity index (χ3v) is 6.87. The molecule has 0 aromatic heterocycles. The van der Waals surface area contributed by atoms with Gasteiger partial charge < -0.3 is 5.32 Å². The van der Waals surface area contributed by atoms with E-state index < -0.39 is 31.0 Å². The van der Waals surface area contributed by atoms with Gasteiger partial charge in [-0.25, -0.2) is 14.5 Å². The van der Waals surface area contributed by atoms with E-state index in [-0.39, 0.29) is 28.9 Å². The maximum Gasteiger partial charge on any atom is 0.448 e. The highest BCUT2D eigenvalue weighted by molar-refractivity contribution is 8.26. The number of anilines is 1. The van der Waals surface area contributed by atoms with Gasteiger partial charge in [0.2, 0.25) is 5.91 Å². The van der Waals surface area contributed by atoms with E-state index in [9.17, 15) is 32.5 Å². The van der Waals surface area contributed by atoms with Crippen molar-refractivity contribution < 1.29 is 26.7 Å². The molecule has 166 valence electrons. The number of halogens is 1. The Balaban J connectivity index is 1.59. The summed E-state index contributed by atoms with van der Waals surface area (Å²) in [6.45, 7) is 0.0189. The van der Waals surface area contributed by atoms with E-state index in [1.807, 2.05) is 0 Å². The Labute approximate surface area is 191 Å². The second-order valence-corrected chi connectivity index (χ2v) is 9.80. The number of rotatable bonds is 7. The Morgan fingerprint density at radius 2 is 1.81 bits per heavy atom. The predicted octanol–water partition coefficient (Wildman–Crippen LogP) is 3.02. The van der Waals surface area contributed by atoms with E-state index in [0.29, 0.717) is 10.5 Å². The van der Waals surface area contributed by atoms with Crippen molar-refractivity contribution in [3.05, 3.63) is 74.9 Å². The van der Waals surface area contributed by atoms with Gasteiger partial charge in [-0.15, -0.1) is 0 Å². The number of amides is 2. The standard InChI is InChI=1S/C19H14FN3O6S3/c20-13-3-1-12(2-4-13)11-16-18(25)22(19(30)31-16)10-9-17(24)21-14-5-7-15(8-6-14)32(28,29)23(26)27/h1-8,11H,9-10H2,(H,21,24)/b16-11-. The molecular weight excluding hydrogens is 481 g/mol. The normalized spacial score (nSPS) is 15.3. The molecule has 1 N–H and O–H groups in total. The van der Waals surface area contributed by atoms with Crippen LogP contribution in [0.3, 0.4) is 0 Å². The molecule has 0 aliphatic carbocycles. The number of thiocarbonyl (C=S) groups is 1. The number of benzene rings is 2. The average molecular weight is 496 g/mol. The van der Waals surface area contributed by atoms with Crippen molar-refractivity contribution in [2.45, 2.75) is 11.3 Å². The van der Waals surface area contributed by atoms with Gasteiger partial charge in [0.05, 0.1) is 4.91 Å². The van der Waals surface area contributed by atoms with Crippen LogP contribution in [0.15, 0.2) is 58.3 Å². The minimum atomic E-state index is -4.66. The molecule has 32 heavy (non-hydrogen) atoms. The molecule has 0 bridgehead atoms. The zero-order valence-corrected chi connectivity index (χ0v) is 18.5. The fraction of sp³-hybridized carbons (Fsp3) is 0.105. The van der Waals surface area contributed by atoms with Gasteiger partial charge >= 0.3 is 10.0 Å². The number of nitro groups is 1. The Morgan fingerprint density at radius 1 is 1.19 bits per heavy atom. The van der Waals surface area contributed by atoms with Crippen molar-refractivity contribution in [3.63, 3.8) is 0 Å². The second-order valence-electron chi connectivity index (χ2n) is 6.41. The number of nitrogens with one attached hydrogen (secondary N) is 1. The summed E-state index contributed by atoms with van der Waals surface area (Å²) in [4.78, 5) is 36.5. The molecule has 1 aliphatic rings. The topological polar surface area (TPSA) is 127 Å². The van der Waals surface area contributed by atoms with Crippen molar-refractivity contribution in [2.75, 3.05) is 11.9 Å². The zero-order chi connectivity index (χ0) is 23.5. The summed E-state index contributed by atoms with van der Waals surface area (Å²) in [6.07, 6.45) is 1.49. The quantitative estimate of drug-likeness (QED) is 0.269. The van der Waals surface area contributed by atoms with E-state index in [4.69, 9.17) is 12.2 Å². The Bertz CT molecular complexity index is 1230. The molecular formula is C19H14FN3O6S3. The average Bonchev–Trinajstić information content (AvgIpc) is 3.01. The van der Waals surface area contributed by atoms with Crippen LogP contribution >= 0.6 is 24.0 Å². The molecule has 0 saturated carbocycles. The van der Waals surface area contributed by atoms with Gasteiger partial charge in [0.25, 0.3) is 5.91 Å². The lowest BCUT2D eigenvalue weighted by atomic mass is 10.2. The molecule has 1 saturated heterocycles. The van der Waals surface area contributed by atoms with Crippen LogP contribution in [0, 0.1) is 15.9 Å². The number of nitrogens with zero attached hydrogens (tertiary/aromatic N) is 2. The molecule has 2 amide bonds. The number of thioether (sulfide) groups is 1. The highest BCUT2D eigenvalue weighted by Gasteiger charge is 2.32. The molecule has 0 radical (unpaired) electrons. The van der Waals surface area contributed by atoms with Crippen LogP contribution in [0.25, 0.3) is 6.08 Å². The predicted molar refractivity (Wildman–Crippen MR) is 120 cm³/mol. The smallest absolute Gasteiger partial charge is 0.326 e. The van der Waals surface area contributed by atoms with Gasteiger partial charge in [0, 0.05) is 18.7 Å². The Hall–Kier alpha value is -3.16. The van der Waals surface area contributed by atoms with E-state index in [1.165, 1.54) is 41.3 Å². The summed E-state index contributed by atoms with van der Waals surface area (Å²) in [5.74, 6) is -1.23. The van der Waals surface area contributed by atoms with Crippen LogP contribution < -0.4 is 5.32 Å². The van der Waals surface area contributed by atoms with Crippen molar-refractivity contribution in [2.24, 2.45) is 0 Å². The fourth-order valence-electron chi connectivity index (χ4n) is 2.64. The number of sulfonamides is 1. The SMILES string of the molecule is O=C(CCN1C(=O)/C(=C/c2ccc(F)cc2)SC1=S)Nc1ccc(S(=O)(=O)[N+](=O)[O-])cc1. The molecule has 3 rings (SSSR count). The van der Waals surface area contributed by atoms with Crippen LogP contribution in [-0.4, -0.2) is 40.3 Å². The van der Waals surface area contributed by atoms with Crippen molar-refractivity contribution in [1.82, 2.24) is 4.90 Å². The van der Waals surface area contributed by atoms with Gasteiger partial charge in [-0.2, -0.15) is 8.42 Å². The maximum absolute atomic E-state index is 13.0. The number of carbonyl (C=O) groups excluding carboxylic acids is 2. The van der Waals surface area contributed by atoms with E-state index >= 15 is 0 Å². The second kappa shape index (κ2) is 9.54. The molecule has 2 aromatic rings. The molecule has 0 atom stereocenters. The van der Waals surface area contributed by atoms with Crippen LogP contribution in [0.2, 0.25) is 0 Å². The minimum absolute atomic E-state index is 0.0189. The lowest BCUT2D eigenvalue weighted by molar-refractivity contribution is -0.305.